The molecule has 41 heavy (non-hydrogen) atoms. The number of morpholine rings is 1. The largest absolute Gasteiger partial charge is 0.379 e. The van der Waals surface area contributed by atoms with Crippen LogP contribution in [0.2, 0.25) is 0 Å². The highest BCUT2D eigenvalue weighted by molar-refractivity contribution is 7.89. The summed E-state index contributed by atoms with van der Waals surface area (Å²) >= 11 is 1.35. The van der Waals surface area contributed by atoms with Crippen molar-refractivity contribution in [1.82, 2.24) is 8.98 Å². The minimum Gasteiger partial charge on any atom is -0.379 e. The Morgan fingerprint density at radius 1 is 0.976 bits per heavy atom. The Morgan fingerprint density at radius 3 is 2.24 bits per heavy atom. The summed E-state index contributed by atoms with van der Waals surface area (Å²) < 4.78 is 34.3. The molecule has 1 fully saturated rings. The van der Waals surface area contributed by atoms with Gasteiger partial charge in [0.05, 0.1) is 40.6 Å². The Kier molecular flexibility index (Phi) is 8.40. The Bertz CT molecular complexity index is 1720. The number of rotatable bonds is 8. The summed E-state index contributed by atoms with van der Waals surface area (Å²) in [5, 5.41) is 17.7. The van der Waals surface area contributed by atoms with E-state index in [-0.39, 0.29) is 10.6 Å². The summed E-state index contributed by atoms with van der Waals surface area (Å²) in [6, 6.07) is 20.6. The van der Waals surface area contributed by atoms with Crippen molar-refractivity contribution < 1.29 is 18.1 Å². The molecule has 5 rings (SSSR count). The number of hydrogen-bond donors (Lipinski definition) is 0. The fourth-order valence-electron chi connectivity index (χ4n) is 4.16. The third kappa shape index (κ3) is 6.43. The van der Waals surface area contributed by atoms with E-state index in [0.717, 1.165) is 16.8 Å². The van der Waals surface area contributed by atoms with Crippen LogP contribution in [-0.4, -0.2) is 68.9 Å². The van der Waals surface area contributed by atoms with Crippen molar-refractivity contribution in [2.45, 2.75) is 4.90 Å². The fourth-order valence-corrected chi connectivity index (χ4v) is 6.43. The van der Waals surface area contributed by atoms with E-state index < -0.39 is 14.9 Å². The first-order chi connectivity index (χ1) is 19.7. The second-order valence-corrected chi connectivity index (χ2v) is 12.1. The molecule has 13 heteroatoms. The molecule has 1 aliphatic rings. The smallest absolute Gasteiger partial charge is 0.269 e. The molecule has 212 valence electrons. The van der Waals surface area contributed by atoms with E-state index >= 15 is 0 Å². The predicted molar refractivity (Wildman–Crippen MR) is 159 cm³/mol. The topological polar surface area (TPSA) is 123 Å². The normalized spacial score (nSPS) is 14.9. The molecule has 1 saturated heterocycles. The number of hydrogen-bond acceptors (Lipinski definition) is 9. The molecule has 0 amide bonds. The lowest BCUT2D eigenvalue weighted by atomic mass is 10.1. The van der Waals surface area contributed by atoms with Crippen LogP contribution in [0.3, 0.4) is 0 Å². The van der Waals surface area contributed by atoms with Gasteiger partial charge in [-0.15, -0.1) is 11.3 Å². The molecule has 2 heterocycles. The van der Waals surface area contributed by atoms with E-state index in [1.165, 1.54) is 27.8 Å². The van der Waals surface area contributed by atoms with Gasteiger partial charge in [-0.1, -0.05) is 12.1 Å². The number of nitro benzene ring substituents is 1. The molecule has 1 aromatic heterocycles. The van der Waals surface area contributed by atoms with E-state index in [2.05, 4.69) is 0 Å². The highest BCUT2D eigenvalue weighted by Gasteiger charge is 2.26. The summed E-state index contributed by atoms with van der Waals surface area (Å²) in [4.78, 5) is 18.2. The van der Waals surface area contributed by atoms with Crippen LogP contribution in [0, 0.1) is 10.1 Å². The number of nitro groups is 1. The maximum atomic E-state index is 13.0. The van der Waals surface area contributed by atoms with Gasteiger partial charge >= 0.3 is 0 Å². The van der Waals surface area contributed by atoms with Crippen molar-refractivity contribution >= 4 is 44.6 Å². The van der Waals surface area contributed by atoms with Crippen LogP contribution in [0.25, 0.3) is 11.3 Å². The van der Waals surface area contributed by atoms with Gasteiger partial charge in [0.1, 0.15) is 0 Å². The maximum Gasteiger partial charge on any atom is 0.269 e. The summed E-state index contributed by atoms with van der Waals surface area (Å²) in [6.45, 7) is 1.40. The minimum atomic E-state index is -3.61. The lowest BCUT2D eigenvalue weighted by molar-refractivity contribution is -0.384. The molecule has 0 N–H and O–H groups in total. The number of anilines is 1. The first kappa shape index (κ1) is 28.4. The van der Waals surface area contributed by atoms with Gasteiger partial charge in [0.2, 0.25) is 14.8 Å². The van der Waals surface area contributed by atoms with Gasteiger partial charge in [-0.05, 0) is 54.1 Å². The number of sulfonamides is 1. The zero-order chi connectivity index (χ0) is 29.0. The third-order valence-electron chi connectivity index (χ3n) is 6.46. The predicted octanol–water partition coefficient (Wildman–Crippen LogP) is 4.33. The van der Waals surface area contributed by atoms with Crippen molar-refractivity contribution in [3.63, 3.8) is 0 Å². The second-order valence-electron chi connectivity index (χ2n) is 9.37. The highest BCUT2D eigenvalue weighted by atomic mass is 32.2. The Labute approximate surface area is 241 Å². The van der Waals surface area contributed by atoms with Crippen LogP contribution in [0.4, 0.5) is 17.1 Å². The van der Waals surface area contributed by atoms with E-state index in [4.69, 9.17) is 14.8 Å². The van der Waals surface area contributed by atoms with Gasteiger partial charge in [-0.25, -0.2) is 18.1 Å². The monoisotopic (exact) mass is 592 g/mol. The average molecular weight is 593 g/mol. The first-order valence-corrected chi connectivity index (χ1v) is 15.0. The van der Waals surface area contributed by atoms with Crippen LogP contribution < -0.4 is 9.70 Å². The number of thiazole rings is 1. The molecule has 0 radical (unpaired) electrons. The standard InChI is InChI=1S/C28H28N6O5S2/c1-31(2)24-9-3-21(4-10-24)19-29-33-27(22-5-11-25(12-6-22)34(35)36)20-40-28(33)30-23-7-13-26(14-8-23)41(37,38)32-15-17-39-18-16-32/h3-14,19-20H,15-18H2,1-2H3. The van der Waals surface area contributed by atoms with Crippen LogP contribution in [-0.2, 0) is 14.8 Å². The number of benzene rings is 3. The third-order valence-corrected chi connectivity index (χ3v) is 9.19. The molecule has 0 spiro atoms. The quantitative estimate of drug-likeness (QED) is 0.171. The molecule has 0 unspecified atom stereocenters. The van der Waals surface area contributed by atoms with Gasteiger partial charge in [-0.3, -0.25) is 10.1 Å². The number of aromatic nitrogens is 1. The summed E-state index contributed by atoms with van der Waals surface area (Å²) in [7, 11) is 0.328. The molecule has 11 nitrogen and oxygen atoms in total. The Hall–Kier alpha value is -4.17. The van der Waals surface area contributed by atoms with E-state index in [0.29, 0.717) is 42.5 Å². The summed E-state index contributed by atoms with van der Waals surface area (Å²) in [6.07, 6.45) is 1.72. The van der Waals surface area contributed by atoms with E-state index in [9.17, 15) is 18.5 Å². The molecule has 4 aromatic rings. The zero-order valence-corrected chi connectivity index (χ0v) is 24.1. The summed E-state index contributed by atoms with van der Waals surface area (Å²) in [5.74, 6) is 0. The Morgan fingerprint density at radius 2 is 1.63 bits per heavy atom. The molecule has 1 aliphatic heterocycles. The van der Waals surface area contributed by atoms with Crippen molar-refractivity contribution in [3.8, 4) is 11.3 Å². The van der Waals surface area contributed by atoms with Gasteiger partial charge in [0, 0.05) is 55.9 Å². The molecular formula is C28H28N6O5S2. The van der Waals surface area contributed by atoms with Crippen LogP contribution in [0.15, 0.2) is 93.2 Å². The molecular weight excluding hydrogens is 564 g/mol. The molecule has 0 saturated carbocycles. The van der Waals surface area contributed by atoms with Crippen molar-refractivity contribution in [2.24, 2.45) is 10.1 Å². The highest BCUT2D eigenvalue weighted by Crippen LogP contribution is 2.25. The lowest BCUT2D eigenvalue weighted by Crippen LogP contribution is -2.40. The number of nitrogens with zero attached hydrogens (tertiary/aromatic N) is 6. The summed E-state index contributed by atoms with van der Waals surface area (Å²) in [5.41, 5.74) is 3.94. The average Bonchev–Trinajstić information content (AvgIpc) is 3.39. The maximum absolute atomic E-state index is 13.0. The minimum absolute atomic E-state index is 0.00274. The molecule has 0 bridgehead atoms. The second kappa shape index (κ2) is 12.1. The lowest BCUT2D eigenvalue weighted by Gasteiger charge is -2.26. The van der Waals surface area contributed by atoms with Crippen molar-refractivity contribution in [3.05, 3.63) is 98.7 Å². The van der Waals surface area contributed by atoms with Gasteiger partial charge < -0.3 is 9.64 Å². The first-order valence-electron chi connectivity index (χ1n) is 12.7. The van der Waals surface area contributed by atoms with Crippen molar-refractivity contribution in [1.29, 1.82) is 0 Å². The van der Waals surface area contributed by atoms with Crippen LogP contribution in [0.5, 0.6) is 0 Å². The fraction of sp³-hybridized carbons (Fsp3) is 0.214. The molecule has 0 aliphatic carbocycles. The van der Waals surface area contributed by atoms with E-state index in [1.807, 2.05) is 48.6 Å². The van der Waals surface area contributed by atoms with Crippen LogP contribution >= 0.6 is 11.3 Å². The van der Waals surface area contributed by atoms with Gasteiger partial charge in [0.25, 0.3) is 5.69 Å². The van der Waals surface area contributed by atoms with Crippen LogP contribution in [0.1, 0.15) is 5.56 Å². The molecule has 0 atom stereocenters. The van der Waals surface area contributed by atoms with Gasteiger partial charge in [-0.2, -0.15) is 9.41 Å². The zero-order valence-electron chi connectivity index (χ0n) is 22.5. The Balaban J connectivity index is 1.51. The van der Waals surface area contributed by atoms with Gasteiger partial charge in [0.15, 0.2) is 0 Å². The van der Waals surface area contributed by atoms with E-state index in [1.54, 1.807) is 47.3 Å². The number of non-ortho nitro benzene ring substituents is 1. The van der Waals surface area contributed by atoms with Crippen molar-refractivity contribution in [2.75, 3.05) is 45.3 Å². The molecule has 3 aromatic carbocycles. The number of ether oxygens (including phenoxy) is 1. The SMILES string of the molecule is CN(C)c1ccc(C=Nn2c(-c3ccc([N+](=O)[O-])cc3)csc2=Nc2ccc(S(=O)(=O)N3CCOCC3)cc2)cc1.